The average Bonchev–Trinajstić information content (AvgIpc) is 2.62. The molecule has 2 aromatic rings. The smallest absolute Gasteiger partial charge is 0.253 e. The number of amides is 2. The highest BCUT2D eigenvalue weighted by Crippen LogP contribution is 2.14. The van der Waals surface area contributed by atoms with Crippen LogP contribution >= 0.6 is 15.9 Å². The number of nitrogens with zero attached hydrogens (tertiary/aromatic N) is 2. The Bertz CT molecular complexity index is 693. The molecule has 2 amide bonds. The van der Waals surface area contributed by atoms with Crippen molar-refractivity contribution in [3.63, 3.8) is 0 Å². The van der Waals surface area contributed by atoms with Gasteiger partial charge in [0.1, 0.15) is 0 Å². The Morgan fingerprint density at radius 3 is 1.61 bits per heavy atom. The molecule has 1 heterocycles. The van der Waals surface area contributed by atoms with Crippen LogP contribution in [0.25, 0.3) is 0 Å². The molecule has 23 heavy (non-hydrogen) atoms. The van der Waals surface area contributed by atoms with Crippen LogP contribution in [-0.2, 0) is 0 Å². The lowest BCUT2D eigenvalue weighted by atomic mass is 10.1. The normalized spacial score (nSPS) is 14.7. The second-order valence-corrected chi connectivity index (χ2v) is 6.37. The minimum Gasteiger partial charge on any atom is -0.335 e. The first-order chi connectivity index (χ1) is 11.1. The molecule has 3 rings (SSSR count). The molecule has 0 aromatic heterocycles. The third-order valence-electron chi connectivity index (χ3n) is 3.97. The zero-order valence-corrected chi connectivity index (χ0v) is 14.2. The Morgan fingerprint density at radius 1 is 0.696 bits per heavy atom. The Kier molecular flexibility index (Phi) is 4.76. The molecule has 0 saturated carbocycles. The maximum absolute atomic E-state index is 12.5. The van der Waals surface area contributed by atoms with E-state index in [1.165, 1.54) is 0 Å². The largest absolute Gasteiger partial charge is 0.335 e. The first-order valence-corrected chi connectivity index (χ1v) is 8.33. The molecular weight excluding hydrogens is 356 g/mol. The Hall–Kier alpha value is -2.14. The first kappa shape index (κ1) is 15.7. The quantitative estimate of drug-likeness (QED) is 0.812. The lowest BCUT2D eigenvalue weighted by Gasteiger charge is -2.34. The number of hydrogen-bond acceptors (Lipinski definition) is 2. The van der Waals surface area contributed by atoms with E-state index in [-0.39, 0.29) is 11.8 Å². The summed E-state index contributed by atoms with van der Waals surface area (Å²) in [5.74, 6) is 0.0469. The predicted molar refractivity (Wildman–Crippen MR) is 92.4 cm³/mol. The average molecular weight is 373 g/mol. The topological polar surface area (TPSA) is 40.6 Å². The van der Waals surface area contributed by atoms with E-state index in [1.54, 1.807) is 9.80 Å². The van der Waals surface area contributed by atoms with E-state index in [1.807, 2.05) is 54.6 Å². The van der Waals surface area contributed by atoms with Gasteiger partial charge in [-0.15, -0.1) is 0 Å². The molecule has 0 bridgehead atoms. The van der Waals surface area contributed by atoms with E-state index >= 15 is 0 Å². The van der Waals surface area contributed by atoms with Gasteiger partial charge in [-0.1, -0.05) is 34.1 Å². The van der Waals surface area contributed by atoms with Crippen molar-refractivity contribution in [2.75, 3.05) is 26.2 Å². The van der Waals surface area contributed by atoms with Gasteiger partial charge in [0.05, 0.1) is 0 Å². The van der Waals surface area contributed by atoms with Crippen LogP contribution in [0.4, 0.5) is 0 Å². The summed E-state index contributed by atoms with van der Waals surface area (Å²) < 4.78 is 0.951. The molecule has 1 aliphatic heterocycles. The number of carbonyl (C=O) groups is 2. The van der Waals surface area contributed by atoms with Crippen LogP contribution in [-0.4, -0.2) is 47.8 Å². The SMILES string of the molecule is O=C(c1ccccc1)N1CCN(C(=O)c2ccc(Br)cc2)CC1. The molecule has 1 aliphatic rings. The van der Waals surface area contributed by atoms with E-state index in [2.05, 4.69) is 15.9 Å². The van der Waals surface area contributed by atoms with Crippen molar-refractivity contribution in [1.82, 2.24) is 9.80 Å². The molecule has 4 nitrogen and oxygen atoms in total. The highest BCUT2D eigenvalue weighted by Gasteiger charge is 2.25. The monoisotopic (exact) mass is 372 g/mol. The molecule has 0 unspecified atom stereocenters. The van der Waals surface area contributed by atoms with Gasteiger partial charge in [0, 0.05) is 41.8 Å². The zero-order chi connectivity index (χ0) is 16.2. The molecule has 0 N–H and O–H groups in total. The molecular formula is C18H17BrN2O2. The highest BCUT2D eigenvalue weighted by molar-refractivity contribution is 9.10. The third-order valence-corrected chi connectivity index (χ3v) is 4.49. The Morgan fingerprint density at radius 2 is 1.13 bits per heavy atom. The summed E-state index contributed by atoms with van der Waals surface area (Å²) in [6.45, 7) is 2.26. The summed E-state index contributed by atoms with van der Waals surface area (Å²) >= 11 is 3.37. The third kappa shape index (κ3) is 3.62. The van der Waals surface area contributed by atoms with Crippen molar-refractivity contribution in [2.24, 2.45) is 0 Å². The standard InChI is InChI=1S/C18H17BrN2O2/c19-16-8-6-15(7-9-16)18(23)21-12-10-20(11-13-21)17(22)14-4-2-1-3-5-14/h1-9H,10-13H2. The summed E-state index contributed by atoms with van der Waals surface area (Å²) in [5, 5.41) is 0. The molecule has 0 spiro atoms. The number of halogens is 1. The summed E-state index contributed by atoms with van der Waals surface area (Å²) in [5.41, 5.74) is 1.37. The van der Waals surface area contributed by atoms with Crippen LogP contribution in [0.3, 0.4) is 0 Å². The highest BCUT2D eigenvalue weighted by atomic mass is 79.9. The Labute approximate surface area is 143 Å². The van der Waals surface area contributed by atoms with Gasteiger partial charge in [0.15, 0.2) is 0 Å². The van der Waals surface area contributed by atoms with Crippen LogP contribution in [0.1, 0.15) is 20.7 Å². The molecule has 5 heteroatoms. The number of rotatable bonds is 2. The molecule has 118 valence electrons. The molecule has 0 aliphatic carbocycles. The van der Waals surface area contributed by atoms with Gasteiger partial charge in [-0.05, 0) is 36.4 Å². The van der Waals surface area contributed by atoms with Gasteiger partial charge < -0.3 is 9.80 Å². The molecule has 0 atom stereocenters. The van der Waals surface area contributed by atoms with Crippen molar-refractivity contribution in [2.45, 2.75) is 0 Å². The summed E-state index contributed by atoms with van der Waals surface area (Å²) in [4.78, 5) is 28.5. The summed E-state index contributed by atoms with van der Waals surface area (Å²) in [6.07, 6.45) is 0. The minimum absolute atomic E-state index is 0.0179. The van der Waals surface area contributed by atoms with Crippen LogP contribution in [0, 0.1) is 0 Å². The molecule has 2 aromatic carbocycles. The predicted octanol–water partition coefficient (Wildman–Crippen LogP) is 3.05. The number of benzene rings is 2. The summed E-state index contributed by atoms with van der Waals surface area (Å²) in [7, 11) is 0. The van der Waals surface area contributed by atoms with Crippen LogP contribution in [0.15, 0.2) is 59.1 Å². The van der Waals surface area contributed by atoms with E-state index in [0.717, 1.165) is 4.47 Å². The lowest BCUT2D eigenvalue weighted by molar-refractivity contribution is 0.0535. The van der Waals surface area contributed by atoms with Gasteiger partial charge in [0.25, 0.3) is 11.8 Å². The fourth-order valence-electron chi connectivity index (χ4n) is 2.65. The Balaban J connectivity index is 1.61. The van der Waals surface area contributed by atoms with Crippen LogP contribution in [0.5, 0.6) is 0 Å². The van der Waals surface area contributed by atoms with E-state index in [9.17, 15) is 9.59 Å². The van der Waals surface area contributed by atoms with E-state index in [0.29, 0.717) is 37.3 Å². The summed E-state index contributed by atoms with van der Waals surface area (Å²) in [6, 6.07) is 16.6. The van der Waals surface area contributed by atoms with Crippen molar-refractivity contribution < 1.29 is 9.59 Å². The second-order valence-electron chi connectivity index (χ2n) is 5.46. The molecule has 1 saturated heterocycles. The van der Waals surface area contributed by atoms with Crippen molar-refractivity contribution >= 4 is 27.7 Å². The van der Waals surface area contributed by atoms with Crippen LogP contribution in [0.2, 0.25) is 0 Å². The van der Waals surface area contributed by atoms with Crippen LogP contribution < -0.4 is 0 Å². The van der Waals surface area contributed by atoms with Gasteiger partial charge in [-0.2, -0.15) is 0 Å². The lowest BCUT2D eigenvalue weighted by Crippen LogP contribution is -2.50. The zero-order valence-electron chi connectivity index (χ0n) is 12.6. The van der Waals surface area contributed by atoms with Gasteiger partial charge in [-0.3, -0.25) is 9.59 Å². The van der Waals surface area contributed by atoms with Gasteiger partial charge >= 0.3 is 0 Å². The minimum atomic E-state index is 0.0179. The maximum Gasteiger partial charge on any atom is 0.253 e. The fourth-order valence-corrected chi connectivity index (χ4v) is 2.92. The first-order valence-electron chi connectivity index (χ1n) is 7.54. The number of piperazine rings is 1. The maximum atomic E-state index is 12.5. The number of carbonyl (C=O) groups excluding carboxylic acids is 2. The fraction of sp³-hybridized carbons (Fsp3) is 0.222. The van der Waals surface area contributed by atoms with E-state index in [4.69, 9.17) is 0 Å². The van der Waals surface area contributed by atoms with Gasteiger partial charge in [0.2, 0.25) is 0 Å². The van der Waals surface area contributed by atoms with E-state index < -0.39 is 0 Å². The van der Waals surface area contributed by atoms with Crippen molar-refractivity contribution in [1.29, 1.82) is 0 Å². The van der Waals surface area contributed by atoms with Crippen molar-refractivity contribution in [3.8, 4) is 0 Å². The number of hydrogen-bond donors (Lipinski definition) is 0. The van der Waals surface area contributed by atoms with Crippen molar-refractivity contribution in [3.05, 3.63) is 70.2 Å². The van der Waals surface area contributed by atoms with Gasteiger partial charge in [-0.25, -0.2) is 0 Å². The second kappa shape index (κ2) is 6.96. The molecule has 0 radical (unpaired) electrons. The molecule has 1 fully saturated rings.